The van der Waals surface area contributed by atoms with Gasteiger partial charge in [0.2, 0.25) is 0 Å². The first-order chi connectivity index (χ1) is 7.74. The van der Waals surface area contributed by atoms with Gasteiger partial charge in [-0.15, -0.1) is 0 Å². The van der Waals surface area contributed by atoms with Gasteiger partial charge in [-0.2, -0.15) is 0 Å². The quantitative estimate of drug-likeness (QED) is 0.914. The summed E-state index contributed by atoms with van der Waals surface area (Å²) in [7, 11) is 0. The molecule has 0 spiro atoms. The maximum atomic E-state index is 5.95. The van der Waals surface area contributed by atoms with E-state index in [1.165, 1.54) is 5.56 Å². The maximum Gasteiger partial charge on any atom is 0.124 e. The lowest BCUT2D eigenvalue weighted by Gasteiger charge is -2.32. The summed E-state index contributed by atoms with van der Waals surface area (Å²) in [5, 5.41) is 3.53. The molecule has 1 aliphatic rings. The Balaban J connectivity index is 2.31. The first-order valence-corrected chi connectivity index (χ1v) is 6.73. The van der Waals surface area contributed by atoms with E-state index in [1.807, 2.05) is 6.07 Å². The SMILES string of the molecule is CCNC1CC(CC)Oc2ccc(Br)cc21. The smallest absolute Gasteiger partial charge is 0.124 e. The van der Waals surface area contributed by atoms with Gasteiger partial charge in [0, 0.05) is 22.5 Å². The standard InChI is InChI=1S/C13H18BrNO/c1-3-10-8-12(15-4-2)11-7-9(14)5-6-13(11)16-10/h5-7,10,12,15H,3-4,8H2,1-2H3. The molecule has 0 aromatic heterocycles. The monoisotopic (exact) mass is 283 g/mol. The average Bonchev–Trinajstić information content (AvgIpc) is 2.30. The van der Waals surface area contributed by atoms with Gasteiger partial charge < -0.3 is 10.1 Å². The van der Waals surface area contributed by atoms with Crippen LogP contribution in [0.15, 0.2) is 22.7 Å². The van der Waals surface area contributed by atoms with E-state index in [2.05, 4.69) is 47.2 Å². The van der Waals surface area contributed by atoms with Crippen LogP contribution >= 0.6 is 15.9 Å². The number of halogens is 1. The second kappa shape index (κ2) is 5.19. The van der Waals surface area contributed by atoms with Gasteiger partial charge in [0.15, 0.2) is 0 Å². The fourth-order valence-electron chi connectivity index (χ4n) is 2.21. The zero-order chi connectivity index (χ0) is 11.5. The number of hydrogen-bond acceptors (Lipinski definition) is 2. The third-order valence-corrected chi connectivity index (χ3v) is 3.54. The topological polar surface area (TPSA) is 21.3 Å². The molecule has 3 heteroatoms. The van der Waals surface area contributed by atoms with Gasteiger partial charge in [0.1, 0.15) is 11.9 Å². The first-order valence-electron chi connectivity index (χ1n) is 5.94. The highest BCUT2D eigenvalue weighted by Gasteiger charge is 2.26. The van der Waals surface area contributed by atoms with Gasteiger partial charge >= 0.3 is 0 Å². The third-order valence-electron chi connectivity index (χ3n) is 3.05. The predicted molar refractivity (Wildman–Crippen MR) is 69.9 cm³/mol. The Morgan fingerprint density at radius 3 is 2.94 bits per heavy atom. The van der Waals surface area contributed by atoms with Crippen LogP contribution < -0.4 is 10.1 Å². The molecule has 0 aliphatic carbocycles. The molecular weight excluding hydrogens is 266 g/mol. The molecule has 2 unspecified atom stereocenters. The van der Waals surface area contributed by atoms with Crippen molar-refractivity contribution in [3.63, 3.8) is 0 Å². The normalized spacial score (nSPS) is 23.7. The highest BCUT2D eigenvalue weighted by atomic mass is 79.9. The average molecular weight is 284 g/mol. The molecule has 1 N–H and O–H groups in total. The van der Waals surface area contributed by atoms with E-state index in [1.54, 1.807) is 0 Å². The van der Waals surface area contributed by atoms with Gasteiger partial charge in [-0.25, -0.2) is 0 Å². The van der Waals surface area contributed by atoms with Gasteiger partial charge in [0.25, 0.3) is 0 Å². The Kier molecular flexibility index (Phi) is 3.87. The van der Waals surface area contributed by atoms with E-state index in [4.69, 9.17) is 4.74 Å². The summed E-state index contributed by atoms with van der Waals surface area (Å²) in [6.45, 7) is 5.32. The first kappa shape index (κ1) is 11.9. The highest BCUT2D eigenvalue weighted by Crippen LogP contribution is 2.37. The van der Waals surface area contributed by atoms with E-state index in [0.29, 0.717) is 12.1 Å². The van der Waals surface area contributed by atoms with E-state index in [-0.39, 0.29) is 0 Å². The Hall–Kier alpha value is -0.540. The van der Waals surface area contributed by atoms with Crippen molar-refractivity contribution in [1.82, 2.24) is 5.32 Å². The molecule has 0 amide bonds. The number of fused-ring (bicyclic) bond motifs is 1. The fraction of sp³-hybridized carbons (Fsp3) is 0.538. The van der Waals surface area contributed by atoms with Crippen LogP contribution in [0.1, 0.15) is 38.3 Å². The van der Waals surface area contributed by atoms with Crippen LogP contribution in [0.3, 0.4) is 0 Å². The molecule has 88 valence electrons. The van der Waals surface area contributed by atoms with E-state index < -0.39 is 0 Å². The van der Waals surface area contributed by atoms with Crippen molar-refractivity contribution in [2.45, 2.75) is 38.8 Å². The van der Waals surface area contributed by atoms with Crippen molar-refractivity contribution in [1.29, 1.82) is 0 Å². The van der Waals surface area contributed by atoms with Crippen LogP contribution in [0.25, 0.3) is 0 Å². The van der Waals surface area contributed by atoms with Crippen molar-refractivity contribution in [2.24, 2.45) is 0 Å². The molecule has 1 aromatic rings. The Labute approximate surface area is 106 Å². The molecule has 0 fully saturated rings. The summed E-state index contributed by atoms with van der Waals surface area (Å²) in [5.41, 5.74) is 1.28. The summed E-state index contributed by atoms with van der Waals surface area (Å²) in [4.78, 5) is 0. The third kappa shape index (κ3) is 2.41. The second-order valence-electron chi connectivity index (χ2n) is 4.18. The van der Waals surface area contributed by atoms with Gasteiger partial charge in [-0.3, -0.25) is 0 Å². The number of ether oxygens (including phenoxy) is 1. The van der Waals surface area contributed by atoms with Crippen LogP contribution in [0, 0.1) is 0 Å². The molecule has 0 radical (unpaired) electrons. The van der Waals surface area contributed by atoms with Crippen LogP contribution in [-0.4, -0.2) is 12.6 Å². The van der Waals surface area contributed by atoms with Gasteiger partial charge in [-0.1, -0.05) is 29.8 Å². The zero-order valence-electron chi connectivity index (χ0n) is 9.79. The van der Waals surface area contributed by atoms with Crippen molar-refractivity contribution >= 4 is 15.9 Å². The molecule has 16 heavy (non-hydrogen) atoms. The maximum absolute atomic E-state index is 5.95. The van der Waals surface area contributed by atoms with Crippen LogP contribution in [0.4, 0.5) is 0 Å². The number of benzene rings is 1. The minimum absolute atomic E-state index is 0.345. The van der Waals surface area contributed by atoms with Crippen molar-refractivity contribution in [2.75, 3.05) is 6.54 Å². The summed E-state index contributed by atoms with van der Waals surface area (Å²) < 4.78 is 7.07. The van der Waals surface area contributed by atoms with Gasteiger partial charge in [-0.05, 0) is 31.2 Å². The van der Waals surface area contributed by atoms with E-state index >= 15 is 0 Å². The largest absolute Gasteiger partial charge is 0.490 e. The Morgan fingerprint density at radius 2 is 2.25 bits per heavy atom. The summed E-state index contributed by atoms with van der Waals surface area (Å²) in [5.74, 6) is 1.03. The van der Waals surface area contributed by atoms with E-state index in [9.17, 15) is 0 Å². The molecule has 0 bridgehead atoms. The second-order valence-corrected chi connectivity index (χ2v) is 5.09. The Morgan fingerprint density at radius 1 is 1.44 bits per heavy atom. The lowest BCUT2D eigenvalue weighted by atomic mass is 9.95. The summed E-state index contributed by atoms with van der Waals surface area (Å²) in [6.07, 6.45) is 2.48. The molecule has 1 aromatic carbocycles. The molecular formula is C13H18BrNO. The highest BCUT2D eigenvalue weighted by molar-refractivity contribution is 9.10. The molecule has 0 saturated carbocycles. The molecule has 2 rings (SSSR count). The zero-order valence-corrected chi connectivity index (χ0v) is 11.4. The lowest BCUT2D eigenvalue weighted by molar-refractivity contribution is 0.146. The van der Waals surface area contributed by atoms with Gasteiger partial charge in [0.05, 0.1) is 0 Å². The Bertz CT molecular complexity index is 367. The minimum atomic E-state index is 0.345. The fourth-order valence-corrected chi connectivity index (χ4v) is 2.58. The molecule has 2 nitrogen and oxygen atoms in total. The van der Waals surface area contributed by atoms with Crippen LogP contribution in [0.2, 0.25) is 0 Å². The molecule has 1 heterocycles. The summed E-state index contributed by atoms with van der Waals surface area (Å²) >= 11 is 3.52. The molecule has 1 aliphatic heterocycles. The van der Waals surface area contributed by atoms with Crippen molar-refractivity contribution < 1.29 is 4.74 Å². The number of nitrogens with one attached hydrogen (secondary N) is 1. The lowest BCUT2D eigenvalue weighted by Crippen LogP contribution is -2.32. The van der Waals surface area contributed by atoms with Crippen molar-refractivity contribution in [3.05, 3.63) is 28.2 Å². The molecule has 0 saturated heterocycles. The van der Waals surface area contributed by atoms with Crippen LogP contribution in [0.5, 0.6) is 5.75 Å². The minimum Gasteiger partial charge on any atom is -0.490 e. The molecule has 2 atom stereocenters. The van der Waals surface area contributed by atoms with Crippen LogP contribution in [-0.2, 0) is 0 Å². The number of rotatable bonds is 3. The number of hydrogen-bond donors (Lipinski definition) is 1. The predicted octanol–water partition coefficient (Wildman–Crippen LogP) is 3.66. The van der Waals surface area contributed by atoms with E-state index in [0.717, 1.165) is 29.6 Å². The summed E-state index contributed by atoms with van der Waals surface area (Å²) in [6, 6.07) is 6.69. The van der Waals surface area contributed by atoms with Crippen molar-refractivity contribution in [3.8, 4) is 5.75 Å².